The maximum atomic E-state index is 5.26. The Balaban J connectivity index is 1.63. The quantitative estimate of drug-likeness (QED) is 0.565. The summed E-state index contributed by atoms with van der Waals surface area (Å²) in [6.45, 7) is 0. The fraction of sp³-hybridized carbons (Fsp3) is 0.235. The van der Waals surface area contributed by atoms with Gasteiger partial charge in [-0.25, -0.2) is 9.97 Å². The number of fused-ring (bicyclic) bond motifs is 3. The molecular formula is C17H14N6OS. The van der Waals surface area contributed by atoms with Crippen LogP contribution in [0.3, 0.4) is 0 Å². The van der Waals surface area contributed by atoms with Crippen molar-refractivity contribution in [1.82, 2.24) is 30.2 Å². The largest absolute Gasteiger partial charge is 0.497 e. The molecule has 0 fully saturated rings. The van der Waals surface area contributed by atoms with Crippen LogP contribution < -0.4 is 4.74 Å². The van der Waals surface area contributed by atoms with E-state index < -0.39 is 0 Å². The monoisotopic (exact) mass is 350 g/mol. The Bertz CT molecular complexity index is 1090. The minimum Gasteiger partial charge on any atom is -0.497 e. The van der Waals surface area contributed by atoms with Crippen LogP contribution in [0.1, 0.15) is 16.9 Å². The number of ether oxygens (including phenoxy) is 1. The van der Waals surface area contributed by atoms with Crippen LogP contribution in [-0.4, -0.2) is 37.3 Å². The van der Waals surface area contributed by atoms with E-state index in [1.807, 2.05) is 24.3 Å². The summed E-state index contributed by atoms with van der Waals surface area (Å²) in [5.41, 5.74) is 2.20. The van der Waals surface area contributed by atoms with Gasteiger partial charge >= 0.3 is 0 Å². The van der Waals surface area contributed by atoms with Crippen molar-refractivity contribution < 1.29 is 4.74 Å². The number of nitrogens with zero attached hydrogens (tertiary/aromatic N) is 6. The molecule has 0 unspecified atom stereocenters. The summed E-state index contributed by atoms with van der Waals surface area (Å²) in [7, 11) is 1.64. The maximum Gasteiger partial charge on any atom is 0.205 e. The van der Waals surface area contributed by atoms with Gasteiger partial charge in [-0.2, -0.15) is 0 Å². The summed E-state index contributed by atoms with van der Waals surface area (Å²) in [5.74, 6) is 2.00. The van der Waals surface area contributed by atoms with Gasteiger partial charge in [0, 0.05) is 10.4 Å². The van der Waals surface area contributed by atoms with Gasteiger partial charge in [-0.1, -0.05) is 12.1 Å². The van der Waals surface area contributed by atoms with E-state index in [2.05, 4.69) is 25.4 Å². The third kappa shape index (κ3) is 2.29. The van der Waals surface area contributed by atoms with Crippen molar-refractivity contribution in [3.05, 3.63) is 41.0 Å². The third-order valence-electron chi connectivity index (χ3n) is 4.41. The molecule has 0 saturated carbocycles. The zero-order valence-corrected chi connectivity index (χ0v) is 14.3. The summed E-state index contributed by atoms with van der Waals surface area (Å²) in [6.07, 6.45) is 4.94. The minimum atomic E-state index is 0.539. The van der Waals surface area contributed by atoms with Gasteiger partial charge in [0.05, 0.1) is 12.5 Å². The molecule has 1 aliphatic carbocycles. The van der Waals surface area contributed by atoms with Crippen LogP contribution in [0.25, 0.3) is 27.4 Å². The van der Waals surface area contributed by atoms with Crippen molar-refractivity contribution >= 4 is 21.6 Å². The highest BCUT2D eigenvalue weighted by Crippen LogP contribution is 2.38. The predicted molar refractivity (Wildman–Crippen MR) is 94.1 cm³/mol. The Kier molecular flexibility index (Phi) is 3.24. The highest BCUT2D eigenvalue weighted by molar-refractivity contribution is 7.19. The van der Waals surface area contributed by atoms with Gasteiger partial charge in [0.2, 0.25) is 5.82 Å². The summed E-state index contributed by atoms with van der Waals surface area (Å²) in [6, 6.07) is 7.61. The number of rotatable bonds is 3. The average Bonchev–Trinajstić information content (AvgIpc) is 3.36. The Morgan fingerprint density at radius 2 is 2.16 bits per heavy atom. The second-order valence-corrected chi connectivity index (χ2v) is 6.95. The summed E-state index contributed by atoms with van der Waals surface area (Å²) in [4.78, 5) is 12.8. The molecule has 4 aromatic rings. The van der Waals surface area contributed by atoms with Gasteiger partial charge in [0.1, 0.15) is 16.9 Å². The van der Waals surface area contributed by atoms with Crippen molar-refractivity contribution in [1.29, 1.82) is 0 Å². The summed E-state index contributed by atoms with van der Waals surface area (Å²) >= 11 is 1.75. The smallest absolute Gasteiger partial charge is 0.205 e. The molecule has 0 bridgehead atoms. The topological polar surface area (TPSA) is 78.6 Å². The van der Waals surface area contributed by atoms with Crippen LogP contribution in [0.2, 0.25) is 0 Å². The number of aryl methyl sites for hydroxylation is 2. The number of methoxy groups -OCH3 is 1. The number of thiophene rings is 1. The first-order valence-corrected chi connectivity index (χ1v) is 8.85. The third-order valence-corrected chi connectivity index (χ3v) is 5.61. The van der Waals surface area contributed by atoms with Crippen LogP contribution in [-0.2, 0) is 12.8 Å². The Hall–Kier alpha value is -2.87. The fourth-order valence-electron chi connectivity index (χ4n) is 3.25. The Morgan fingerprint density at radius 1 is 1.20 bits per heavy atom. The lowest BCUT2D eigenvalue weighted by Gasteiger charge is -2.02. The summed E-state index contributed by atoms with van der Waals surface area (Å²) in [5, 5.41) is 14.0. The number of hydrogen-bond acceptors (Lipinski definition) is 7. The Morgan fingerprint density at radius 3 is 3.08 bits per heavy atom. The van der Waals surface area contributed by atoms with Crippen LogP contribution in [0, 0.1) is 0 Å². The molecule has 0 aliphatic heterocycles. The molecule has 0 atom stereocenters. The molecule has 3 aromatic heterocycles. The lowest BCUT2D eigenvalue weighted by molar-refractivity contribution is 0.415. The molecule has 7 nitrogen and oxygen atoms in total. The molecule has 0 spiro atoms. The molecule has 0 amide bonds. The molecular weight excluding hydrogens is 336 g/mol. The average molecular weight is 350 g/mol. The molecule has 25 heavy (non-hydrogen) atoms. The summed E-state index contributed by atoms with van der Waals surface area (Å²) < 4.78 is 5.26. The van der Waals surface area contributed by atoms with Crippen LogP contribution in [0.5, 0.6) is 5.75 Å². The molecule has 1 aliphatic rings. The van der Waals surface area contributed by atoms with E-state index in [1.165, 1.54) is 21.7 Å². The normalized spacial score (nSPS) is 13.3. The fourth-order valence-corrected chi connectivity index (χ4v) is 4.47. The lowest BCUT2D eigenvalue weighted by atomic mass is 10.2. The first kappa shape index (κ1) is 14.5. The second-order valence-electron chi connectivity index (χ2n) is 5.87. The van der Waals surface area contributed by atoms with Gasteiger partial charge in [-0.05, 0) is 42.2 Å². The van der Waals surface area contributed by atoms with E-state index >= 15 is 0 Å². The van der Waals surface area contributed by atoms with E-state index in [0.29, 0.717) is 11.6 Å². The van der Waals surface area contributed by atoms with Gasteiger partial charge in [0.25, 0.3) is 0 Å². The van der Waals surface area contributed by atoms with Crippen molar-refractivity contribution in [2.75, 3.05) is 7.11 Å². The van der Waals surface area contributed by atoms with Crippen LogP contribution in [0.15, 0.2) is 30.6 Å². The molecule has 0 radical (unpaired) electrons. The number of tetrazole rings is 1. The van der Waals surface area contributed by atoms with Crippen molar-refractivity contribution in [3.8, 4) is 23.0 Å². The van der Waals surface area contributed by atoms with Gasteiger partial charge < -0.3 is 4.74 Å². The van der Waals surface area contributed by atoms with Gasteiger partial charge in [0.15, 0.2) is 5.82 Å². The van der Waals surface area contributed by atoms with Crippen molar-refractivity contribution in [3.63, 3.8) is 0 Å². The van der Waals surface area contributed by atoms with Gasteiger partial charge in [-0.15, -0.1) is 26.3 Å². The standard InChI is InChI=1S/C17H14N6OS/c1-24-11-5-2-4-10(8-11)15-20-22-23(21-15)16-14-12-6-3-7-13(12)25-17(14)19-9-18-16/h2,4-5,8-9H,3,6-7H2,1H3. The number of aromatic nitrogens is 6. The lowest BCUT2D eigenvalue weighted by Crippen LogP contribution is -2.03. The molecule has 0 N–H and O–H groups in total. The molecule has 124 valence electrons. The SMILES string of the molecule is COc1cccc(-c2nnn(-c3ncnc4sc5c(c34)CCC5)n2)c1. The highest BCUT2D eigenvalue weighted by Gasteiger charge is 2.23. The minimum absolute atomic E-state index is 0.539. The number of benzene rings is 1. The maximum absolute atomic E-state index is 5.26. The first-order chi connectivity index (χ1) is 12.3. The van der Waals surface area contributed by atoms with E-state index in [4.69, 9.17) is 4.74 Å². The first-order valence-electron chi connectivity index (χ1n) is 8.03. The highest BCUT2D eigenvalue weighted by atomic mass is 32.1. The zero-order valence-electron chi connectivity index (χ0n) is 13.5. The van der Waals surface area contributed by atoms with E-state index in [9.17, 15) is 0 Å². The van der Waals surface area contributed by atoms with Gasteiger partial charge in [-0.3, -0.25) is 0 Å². The molecule has 5 rings (SSSR count). The van der Waals surface area contributed by atoms with Crippen molar-refractivity contribution in [2.45, 2.75) is 19.3 Å². The van der Waals surface area contributed by atoms with E-state index in [1.54, 1.807) is 24.8 Å². The number of hydrogen-bond donors (Lipinski definition) is 0. The zero-order chi connectivity index (χ0) is 16.8. The predicted octanol–water partition coefficient (Wildman–Crippen LogP) is 2.83. The molecule has 8 heteroatoms. The molecule has 1 aromatic carbocycles. The van der Waals surface area contributed by atoms with Crippen LogP contribution in [0.4, 0.5) is 0 Å². The second kappa shape index (κ2) is 5.59. The molecule has 3 heterocycles. The van der Waals surface area contributed by atoms with E-state index in [0.717, 1.165) is 34.4 Å². The van der Waals surface area contributed by atoms with Crippen molar-refractivity contribution in [2.24, 2.45) is 0 Å². The Labute approximate surface area is 147 Å². The van der Waals surface area contributed by atoms with Crippen LogP contribution >= 0.6 is 11.3 Å². The van der Waals surface area contributed by atoms with E-state index in [-0.39, 0.29) is 0 Å². The molecule has 0 saturated heterocycles.